The molecule has 0 aliphatic heterocycles. The lowest BCUT2D eigenvalue weighted by Crippen LogP contribution is -2.28. The van der Waals surface area contributed by atoms with E-state index >= 15 is 0 Å². The van der Waals surface area contributed by atoms with Crippen LogP contribution >= 0.6 is 11.6 Å². The van der Waals surface area contributed by atoms with E-state index in [1.54, 1.807) is 6.07 Å². The zero-order valence-electron chi connectivity index (χ0n) is 12.2. The Bertz CT molecular complexity index is 580. The smallest absolute Gasteiger partial charge is 0.125 e. The van der Waals surface area contributed by atoms with E-state index in [0.717, 1.165) is 36.4 Å². The Morgan fingerprint density at radius 3 is 2.80 bits per heavy atom. The van der Waals surface area contributed by atoms with Gasteiger partial charge in [-0.25, -0.2) is 9.37 Å². The molecule has 0 radical (unpaired) electrons. The highest BCUT2D eigenvalue weighted by atomic mass is 35.5. The third-order valence-corrected chi connectivity index (χ3v) is 3.92. The molecule has 0 bridgehead atoms. The topological polar surface area (TPSA) is 21.1 Å². The summed E-state index contributed by atoms with van der Waals surface area (Å²) in [6.07, 6.45) is 0.987. The summed E-state index contributed by atoms with van der Waals surface area (Å²) < 4.78 is 15.4. The third-order valence-electron chi connectivity index (χ3n) is 3.68. The van der Waals surface area contributed by atoms with Gasteiger partial charge < -0.3 is 9.47 Å². The first-order valence-electron chi connectivity index (χ1n) is 6.93. The van der Waals surface area contributed by atoms with Gasteiger partial charge in [0.2, 0.25) is 0 Å². The number of rotatable bonds is 6. The largest absolute Gasteiger partial charge is 0.327 e. The van der Waals surface area contributed by atoms with Gasteiger partial charge in [0.25, 0.3) is 0 Å². The number of halogens is 2. The summed E-state index contributed by atoms with van der Waals surface area (Å²) in [6.45, 7) is 6.14. The van der Waals surface area contributed by atoms with E-state index in [1.807, 2.05) is 4.57 Å². The lowest BCUT2D eigenvalue weighted by atomic mass is 10.3. The maximum atomic E-state index is 13.4. The SMILES string of the molecule is CC(C)N(C)CCCn1c(CCl)nc2ccc(F)cc21. The Kier molecular flexibility index (Phi) is 5.00. The number of alkyl halides is 1. The second kappa shape index (κ2) is 6.55. The first kappa shape index (κ1) is 15.3. The molecule has 20 heavy (non-hydrogen) atoms. The normalized spacial score (nSPS) is 11.9. The van der Waals surface area contributed by atoms with E-state index in [4.69, 9.17) is 11.6 Å². The number of aryl methyl sites for hydroxylation is 1. The molecule has 0 fully saturated rings. The van der Waals surface area contributed by atoms with Gasteiger partial charge in [-0.2, -0.15) is 0 Å². The van der Waals surface area contributed by atoms with Gasteiger partial charge in [0.15, 0.2) is 0 Å². The van der Waals surface area contributed by atoms with Crippen LogP contribution in [0, 0.1) is 5.82 Å². The molecule has 0 saturated heterocycles. The van der Waals surface area contributed by atoms with Crippen LogP contribution in [0.1, 0.15) is 26.1 Å². The Hall–Kier alpha value is -1.13. The van der Waals surface area contributed by atoms with Crippen molar-refractivity contribution in [2.75, 3.05) is 13.6 Å². The van der Waals surface area contributed by atoms with Crippen molar-refractivity contribution in [3.05, 3.63) is 29.8 Å². The van der Waals surface area contributed by atoms with Crippen LogP contribution in [0.25, 0.3) is 11.0 Å². The molecule has 1 aromatic heterocycles. The fourth-order valence-electron chi connectivity index (χ4n) is 2.23. The maximum absolute atomic E-state index is 13.4. The second-order valence-corrected chi connectivity index (χ2v) is 5.64. The van der Waals surface area contributed by atoms with Crippen molar-refractivity contribution in [1.82, 2.24) is 14.5 Å². The molecule has 0 spiro atoms. The van der Waals surface area contributed by atoms with E-state index < -0.39 is 0 Å². The molecule has 0 N–H and O–H groups in total. The van der Waals surface area contributed by atoms with E-state index in [2.05, 4.69) is 30.8 Å². The minimum absolute atomic E-state index is 0.237. The fourth-order valence-corrected chi connectivity index (χ4v) is 2.44. The second-order valence-electron chi connectivity index (χ2n) is 5.37. The molecule has 0 saturated carbocycles. The highest BCUT2D eigenvalue weighted by Gasteiger charge is 2.11. The fraction of sp³-hybridized carbons (Fsp3) is 0.533. The number of hydrogen-bond donors (Lipinski definition) is 0. The molecule has 0 amide bonds. The van der Waals surface area contributed by atoms with Gasteiger partial charge in [-0.15, -0.1) is 11.6 Å². The van der Waals surface area contributed by atoms with E-state index in [1.165, 1.54) is 12.1 Å². The number of aromatic nitrogens is 2. The van der Waals surface area contributed by atoms with E-state index in [-0.39, 0.29) is 5.82 Å². The minimum Gasteiger partial charge on any atom is -0.327 e. The standard InChI is InChI=1S/C15H21ClFN3/c1-11(2)19(3)7-4-8-20-14-9-12(17)5-6-13(14)18-15(20)10-16/h5-6,9,11H,4,7-8,10H2,1-3H3. The molecule has 1 heterocycles. The van der Waals surface area contributed by atoms with Crippen LogP contribution in [0.3, 0.4) is 0 Å². The average molecular weight is 298 g/mol. The molecule has 3 nitrogen and oxygen atoms in total. The average Bonchev–Trinajstić information content (AvgIpc) is 2.76. The number of imidazole rings is 1. The van der Waals surface area contributed by atoms with Crippen LogP contribution in [0.2, 0.25) is 0 Å². The Labute approximate surface area is 124 Å². The van der Waals surface area contributed by atoms with Crippen LogP contribution in [0.5, 0.6) is 0 Å². The highest BCUT2D eigenvalue weighted by Crippen LogP contribution is 2.19. The van der Waals surface area contributed by atoms with Crippen LogP contribution in [-0.2, 0) is 12.4 Å². The number of nitrogens with zero attached hydrogens (tertiary/aromatic N) is 3. The molecule has 0 aliphatic carbocycles. The van der Waals surface area contributed by atoms with Crippen LogP contribution in [0.4, 0.5) is 4.39 Å². The summed E-state index contributed by atoms with van der Waals surface area (Å²) in [4.78, 5) is 6.75. The lowest BCUT2D eigenvalue weighted by Gasteiger charge is -2.21. The molecule has 5 heteroatoms. The summed E-state index contributed by atoms with van der Waals surface area (Å²) in [5, 5.41) is 0. The summed E-state index contributed by atoms with van der Waals surface area (Å²) in [6, 6.07) is 5.20. The van der Waals surface area contributed by atoms with E-state index in [9.17, 15) is 4.39 Å². The molecule has 0 unspecified atom stereocenters. The predicted octanol–water partition coefficient (Wildman–Crippen LogP) is 3.64. The Balaban J connectivity index is 2.17. The lowest BCUT2D eigenvalue weighted by molar-refractivity contribution is 0.265. The van der Waals surface area contributed by atoms with Gasteiger partial charge in [-0.05, 0) is 52.1 Å². The molecule has 110 valence electrons. The van der Waals surface area contributed by atoms with Crippen molar-refractivity contribution in [2.24, 2.45) is 0 Å². The van der Waals surface area contributed by atoms with Gasteiger partial charge in [-0.1, -0.05) is 0 Å². The molecular formula is C15H21ClFN3. The zero-order valence-corrected chi connectivity index (χ0v) is 13.0. The highest BCUT2D eigenvalue weighted by molar-refractivity contribution is 6.16. The zero-order chi connectivity index (χ0) is 14.7. The van der Waals surface area contributed by atoms with E-state index in [0.29, 0.717) is 11.9 Å². The maximum Gasteiger partial charge on any atom is 0.125 e. The molecule has 1 aromatic carbocycles. The molecule has 2 aromatic rings. The summed E-state index contributed by atoms with van der Waals surface area (Å²) in [5.41, 5.74) is 1.63. The number of benzene rings is 1. The van der Waals surface area contributed by atoms with Crippen molar-refractivity contribution >= 4 is 22.6 Å². The third kappa shape index (κ3) is 3.30. The number of hydrogen-bond acceptors (Lipinski definition) is 2. The van der Waals surface area contributed by atoms with Crippen molar-refractivity contribution in [3.8, 4) is 0 Å². The summed E-state index contributed by atoms with van der Waals surface area (Å²) in [7, 11) is 2.11. The summed E-state index contributed by atoms with van der Waals surface area (Å²) >= 11 is 5.95. The van der Waals surface area contributed by atoms with Crippen LogP contribution in [0.15, 0.2) is 18.2 Å². The quantitative estimate of drug-likeness (QED) is 0.759. The Morgan fingerprint density at radius 1 is 1.40 bits per heavy atom. The van der Waals surface area contributed by atoms with Crippen LogP contribution < -0.4 is 0 Å². The van der Waals surface area contributed by atoms with Crippen molar-refractivity contribution < 1.29 is 4.39 Å². The van der Waals surface area contributed by atoms with Gasteiger partial charge in [0, 0.05) is 12.6 Å². The predicted molar refractivity (Wildman–Crippen MR) is 81.6 cm³/mol. The van der Waals surface area contributed by atoms with Crippen molar-refractivity contribution in [3.63, 3.8) is 0 Å². The van der Waals surface area contributed by atoms with Crippen LogP contribution in [-0.4, -0.2) is 34.1 Å². The molecule has 2 rings (SSSR count). The first-order chi connectivity index (χ1) is 9.52. The van der Waals surface area contributed by atoms with Crippen molar-refractivity contribution in [2.45, 2.75) is 38.7 Å². The van der Waals surface area contributed by atoms with Gasteiger partial charge in [-0.3, -0.25) is 0 Å². The molecule has 0 atom stereocenters. The first-order valence-corrected chi connectivity index (χ1v) is 7.47. The van der Waals surface area contributed by atoms with Gasteiger partial charge in [0.1, 0.15) is 11.6 Å². The Morgan fingerprint density at radius 2 is 2.15 bits per heavy atom. The van der Waals surface area contributed by atoms with Crippen molar-refractivity contribution in [1.29, 1.82) is 0 Å². The molecule has 0 aliphatic rings. The summed E-state index contributed by atoms with van der Waals surface area (Å²) in [5.74, 6) is 0.912. The minimum atomic E-state index is -0.237. The number of fused-ring (bicyclic) bond motifs is 1. The van der Waals surface area contributed by atoms with Gasteiger partial charge >= 0.3 is 0 Å². The molecular weight excluding hydrogens is 277 g/mol. The van der Waals surface area contributed by atoms with Gasteiger partial charge in [0.05, 0.1) is 16.9 Å². The monoisotopic (exact) mass is 297 g/mol.